The number of ether oxygens (including phenoxy) is 2. The van der Waals surface area contributed by atoms with Gasteiger partial charge in [-0.15, -0.1) is 0 Å². The van der Waals surface area contributed by atoms with Crippen molar-refractivity contribution >= 4 is 22.6 Å². The van der Waals surface area contributed by atoms with Gasteiger partial charge in [-0.3, -0.25) is 19.8 Å². The second-order valence-corrected chi connectivity index (χ2v) is 11.2. The van der Waals surface area contributed by atoms with Gasteiger partial charge in [-0.2, -0.15) is 13.2 Å². The average molecular weight is 626 g/mol. The van der Waals surface area contributed by atoms with Crippen LogP contribution in [0, 0.1) is 10.1 Å². The van der Waals surface area contributed by atoms with Crippen LogP contribution in [0.4, 0.5) is 18.9 Å². The number of aromatic nitrogens is 1. The van der Waals surface area contributed by atoms with E-state index in [0.717, 1.165) is 17.2 Å². The maximum absolute atomic E-state index is 14.8. The molecule has 0 aliphatic carbocycles. The van der Waals surface area contributed by atoms with Crippen LogP contribution in [-0.2, 0) is 28.1 Å². The second-order valence-electron chi connectivity index (χ2n) is 11.2. The highest BCUT2D eigenvalue weighted by molar-refractivity contribution is 5.87. The number of hydrogen-bond donors (Lipinski definition) is 1. The van der Waals surface area contributed by atoms with Gasteiger partial charge < -0.3 is 19.1 Å². The van der Waals surface area contributed by atoms with Gasteiger partial charge in [0.1, 0.15) is 11.9 Å². The first-order valence-corrected chi connectivity index (χ1v) is 14.7. The number of likely N-dealkylation sites (tertiary alicyclic amines) is 1. The Morgan fingerprint density at radius 1 is 1.02 bits per heavy atom. The van der Waals surface area contributed by atoms with Gasteiger partial charge in [-0.1, -0.05) is 42.5 Å². The quantitative estimate of drug-likeness (QED) is 0.124. The monoisotopic (exact) mass is 625 g/mol. The molecule has 1 fully saturated rings. The molecule has 238 valence electrons. The smallest absolute Gasteiger partial charge is 0.422 e. The van der Waals surface area contributed by atoms with Crippen molar-refractivity contribution in [3.63, 3.8) is 0 Å². The predicted octanol–water partition coefficient (Wildman–Crippen LogP) is 6.00. The predicted molar refractivity (Wildman–Crippen MR) is 161 cm³/mol. The van der Waals surface area contributed by atoms with Gasteiger partial charge >= 0.3 is 12.1 Å². The van der Waals surface area contributed by atoms with Gasteiger partial charge in [0.15, 0.2) is 0 Å². The lowest BCUT2D eigenvalue weighted by atomic mass is 9.91. The van der Waals surface area contributed by atoms with Gasteiger partial charge in [0.25, 0.3) is 5.69 Å². The minimum atomic E-state index is -5.03. The van der Waals surface area contributed by atoms with Crippen LogP contribution in [0.2, 0.25) is 0 Å². The molecule has 1 aliphatic rings. The van der Waals surface area contributed by atoms with E-state index in [2.05, 4.69) is 0 Å². The van der Waals surface area contributed by atoms with Crippen molar-refractivity contribution in [3.8, 4) is 5.75 Å². The number of nitro groups is 1. The number of carbonyl (C=O) groups is 1. The Balaban J connectivity index is 1.33. The number of nitro benzene ring substituents is 1. The van der Waals surface area contributed by atoms with Crippen LogP contribution in [0.15, 0.2) is 79.0 Å². The van der Waals surface area contributed by atoms with Crippen LogP contribution in [0.1, 0.15) is 36.5 Å². The Labute approximate surface area is 257 Å². The van der Waals surface area contributed by atoms with E-state index in [-0.39, 0.29) is 60.3 Å². The molecule has 0 spiro atoms. The normalized spacial score (nSPS) is 15.9. The zero-order valence-electron chi connectivity index (χ0n) is 24.7. The van der Waals surface area contributed by atoms with Crippen molar-refractivity contribution in [1.29, 1.82) is 0 Å². The molecular formula is C33H34F3N3O6. The van der Waals surface area contributed by atoms with Crippen molar-refractivity contribution in [2.75, 3.05) is 26.2 Å². The third kappa shape index (κ3) is 7.29. The zero-order chi connectivity index (χ0) is 32.2. The second kappa shape index (κ2) is 13.3. The first-order chi connectivity index (χ1) is 21.5. The summed E-state index contributed by atoms with van der Waals surface area (Å²) in [5.74, 6) is 0.271. The fourth-order valence-corrected chi connectivity index (χ4v) is 5.73. The summed E-state index contributed by atoms with van der Waals surface area (Å²) in [5, 5.41) is 23.1. The number of nitrogens with zero attached hydrogens (tertiary/aromatic N) is 3. The molecule has 45 heavy (non-hydrogen) atoms. The first-order valence-electron chi connectivity index (χ1n) is 14.7. The molecule has 1 saturated heterocycles. The topological polar surface area (TPSA) is 107 Å². The summed E-state index contributed by atoms with van der Waals surface area (Å²) in [6, 6.07) is 19.7. The number of esters is 1. The third-order valence-electron chi connectivity index (χ3n) is 8.05. The molecule has 1 atom stereocenters. The zero-order valence-corrected chi connectivity index (χ0v) is 24.7. The summed E-state index contributed by atoms with van der Waals surface area (Å²) >= 11 is 0. The number of non-ortho nitro benzene ring substituents is 1. The lowest BCUT2D eigenvalue weighted by molar-refractivity contribution is -0.384. The van der Waals surface area contributed by atoms with Gasteiger partial charge in [0.2, 0.25) is 5.60 Å². The minimum Gasteiger partial charge on any atom is -0.490 e. The maximum atomic E-state index is 14.8. The van der Waals surface area contributed by atoms with Crippen LogP contribution in [0.3, 0.4) is 0 Å². The first kappa shape index (κ1) is 32.0. The molecule has 0 bridgehead atoms. The van der Waals surface area contributed by atoms with E-state index in [1.165, 1.54) is 22.9 Å². The van der Waals surface area contributed by atoms with Crippen LogP contribution >= 0.6 is 0 Å². The van der Waals surface area contributed by atoms with Crippen molar-refractivity contribution in [1.82, 2.24) is 9.47 Å². The molecule has 0 radical (unpaired) electrons. The number of piperidine rings is 1. The van der Waals surface area contributed by atoms with E-state index < -0.39 is 23.2 Å². The SMILES string of the molecule is CCOC(=O)Cc1ccc(OC2CCN(CC(O)(c3cn(Cc4ccccc4)c4cc([N+](=O)[O-])ccc34)C(F)(F)F)CC2)cc1. The number of rotatable bonds is 11. The van der Waals surface area contributed by atoms with E-state index in [1.54, 1.807) is 48.2 Å². The summed E-state index contributed by atoms with van der Waals surface area (Å²) in [5.41, 5.74) is -2.04. The van der Waals surface area contributed by atoms with E-state index in [0.29, 0.717) is 25.2 Å². The fraction of sp³-hybridized carbons (Fsp3) is 0.364. The summed E-state index contributed by atoms with van der Waals surface area (Å²) in [4.78, 5) is 24.2. The molecule has 0 saturated carbocycles. The summed E-state index contributed by atoms with van der Waals surface area (Å²) in [6.07, 6.45) is -2.96. The summed E-state index contributed by atoms with van der Waals surface area (Å²) < 4.78 is 56.9. The third-order valence-corrected chi connectivity index (χ3v) is 8.05. The summed E-state index contributed by atoms with van der Waals surface area (Å²) in [7, 11) is 0. The van der Waals surface area contributed by atoms with Crippen molar-refractivity contribution in [2.45, 2.75) is 50.6 Å². The number of fused-ring (bicyclic) bond motifs is 1. The Bertz CT molecular complexity index is 1630. The van der Waals surface area contributed by atoms with Crippen molar-refractivity contribution in [2.24, 2.45) is 0 Å². The number of alkyl halides is 3. The molecule has 12 heteroatoms. The molecule has 9 nitrogen and oxygen atoms in total. The Hall–Kier alpha value is -4.42. The van der Waals surface area contributed by atoms with Gasteiger partial charge in [-0.25, -0.2) is 0 Å². The fourth-order valence-electron chi connectivity index (χ4n) is 5.73. The molecule has 2 heterocycles. The Kier molecular flexibility index (Phi) is 9.45. The van der Waals surface area contributed by atoms with Crippen LogP contribution in [0.5, 0.6) is 5.75 Å². The number of aliphatic hydroxyl groups is 1. The number of halogens is 3. The highest BCUT2D eigenvalue weighted by Gasteiger charge is 2.57. The Morgan fingerprint density at radius 3 is 2.33 bits per heavy atom. The van der Waals surface area contributed by atoms with E-state index in [4.69, 9.17) is 9.47 Å². The number of hydrogen-bond acceptors (Lipinski definition) is 7. The van der Waals surface area contributed by atoms with E-state index >= 15 is 0 Å². The Morgan fingerprint density at radius 2 is 1.71 bits per heavy atom. The van der Waals surface area contributed by atoms with Crippen LogP contribution < -0.4 is 4.74 Å². The molecule has 1 N–H and O–H groups in total. The molecule has 5 rings (SSSR count). The maximum Gasteiger partial charge on any atom is 0.422 e. The summed E-state index contributed by atoms with van der Waals surface area (Å²) in [6.45, 7) is 2.04. The van der Waals surface area contributed by atoms with Gasteiger partial charge in [0.05, 0.1) is 23.5 Å². The molecule has 1 unspecified atom stereocenters. The minimum absolute atomic E-state index is 0.0981. The lowest BCUT2D eigenvalue weighted by Crippen LogP contribution is -2.53. The van der Waals surface area contributed by atoms with Gasteiger partial charge in [0, 0.05) is 55.5 Å². The molecule has 3 aromatic carbocycles. The molecule has 0 amide bonds. The molecule has 4 aromatic rings. The number of carbonyl (C=O) groups excluding carboxylic acids is 1. The molecular weight excluding hydrogens is 591 g/mol. The van der Waals surface area contributed by atoms with Crippen LogP contribution in [-0.4, -0.2) is 64.0 Å². The largest absolute Gasteiger partial charge is 0.490 e. The standard InChI is InChI=1S/C33H34F3N3O6/c1-2-44-31(40)18-23-8-11-26(12-9-23)45-27-14-16-37(17-15-27)22-32(41,33(34,35)36)29-21-38(20-24-6-4-3-5-7-24)30-19-25(39(42)43)10-13-28(29)30/h3-13,19,21,27,41H,2,14-18,20,22H2,1H3. The highest BCUT2D eigenvalue weighted by Crippen LogP contribution is 2.44. The van der Waals surface area contributed by atoms with E-state index in [1.807, 2.05) is 18.2 Å². The van der Waals surface area contributed by atoms with E-state index in [9.17, 15) is 33.2 Å². The van der Waals surface area contributed by atoms with Gasteiger partial charge in [-0.05, 0) is 49.1 Å². The average Bonchev–Trinajstić information content (AvgIpc) is 3.37. The highest BCUT2D eigenvalue weighted by atomic mass is 19.4. The number of benzene rings is 3. The van der Waals surface area contributed by atoms with Crippen molar-refractivity contribution < 1.29 is 37.5 Å². The lowest BCUT2D eigenvalue weighted by Gasteiger charge is -2.39. The molecule has 1 aromatic heterocycles. The number of β-amino-alcohol motifs (C(OH)–C–C–N with tert-alkyl or cyclic N) is 1. The van der Waals surface area contributed by atoms with Crippen molar-refractivity contribution in [3.05, 3.63) is 106 Å². The van der Waals surface area contributed by atoms with Crippen LogP contribution in [0.25, 0.3) is 10.9 Å². The molecule has 1 aliphatic heterocycles.